The summed E-state index contributed by atoms with van der Waals surface area (Å²) in [7, 11) is 0. The first-order valence-electron chi connectivity index (χ1n) is 6.45. The molecule has 0 aliphatic rings. The molecule has 0 aromatic heterocycles. The van der Waals surface area contributed by atoms with Crippen LogP contribution in [0.2, 0.25) is 0 Å². The number of non-ortho nitro benzene ring substituents is 1. The second kappa shape index (κ2) is 6.06. The Morgan fingerprint density at radius 2 is 1.90 bits per heavy atom. The molecule has 0 heterocycles. The second-order valence-electron chi connectivity index (χ2n) is 4.55. The highest BCUT2D eigenvalue weighted by Crippen LogP contribution is 2.23. The number of nitrogens with one attached hydrogen (secondary N) is 1. The molecular weight excluding hydrogens is 254 g/mol. The van der Waals surface area contributed by atoms with Gasteiger partial charge in [0.15, 0.2) is 0 Å². The Labute approximate surface area is 117 Å². The Morgan fingerprint density at radius 3 is 2.55 bits per heavy atom. The first kappa shape index (κ1) is 13.9. The molecule has 0 unspecified atom stereocenters. The summed E-state index contributed by atoms with van der Waals surface area (Å²) in [5.74, 6) is 0. The van der Waals surface area contributed by atoms with Gasteiger partial charge in [0.1, 0.15) is 0 Å². The lowest BCUT2D eigenvalue weighted by Gasteiger charge is -2.10. The molecule has 0 aliphatic heterocycles. The van der Waals surface area contributed by atoms with Crippen LogP contribution in [-0.2, 0) is 13.0 Å². The van der Waals surface area contributed by atoms with Gasteiger partial charge in [0.25, 0.3) is 5.69 Å². The summed E-state index contributed by atoms with van der Waals surface area (Å²) in [4.78, 5) is 10.4. The van der Waals surface area contributed by atoms with Gasteiger partial charge in [-0.05, 0) is 23.6 Å². The molecule has 2 rings (SSSR count). The molecule has 0 spiro atoms. The summed E-state index contributed by atoms with van der Waals surface area (Å²) in [6, 6.07) is 12.7. The molecule has 5 nitrogen and oxygen atoms in total. The van der Waals surface area contributed by atoms with Crippen molar-refractivity contribution in [2.24, 2.45) is 0 Å². The molecular formula is C15H17N3O2. The summed E-state index contributed by atoms with van der Waals surface area (Å²) in [6.45, 7) is 2.72. The van der Waals surface area contributed by atoms with Crippen LogP contribution in [0.25, 0.3) is 0 Å². The molecule has 0 atom stereocenters. The van der Waals surface area contributed by atoms with Gasteiger partial charge in [-0.15, -0.1) is 0 Å². The molecule has 104 valence electrons. The highest BCUT2D eigenvalue weighted by molar-refractivity contribution is 5.61. The topological polar surface area (TPSA) is 81.2 Å². The van der Waals surface area contributed by atoms with Gasteiger partial charge in [0, 0.05) is 30.1 Å². The van der Waals surface area contributed by atoms with Gasteiger partial charge < -0.3 is 11.1 Å². The zero-order chi connectivity index (χ0) is 14.5. The molecule has 0 amide bonds. The zero-order valence-corrected chi connectivity index (χ0v) is 11.3. The number of nitro benzene ring substituents is 1. The van der Waals surface area contributed by atoms with Gasteiger partial charge in [-0.25, -0.2) is 0 Å². The van der Waals surface area contributed by atoms with Gasteiger partial charge in [0.05, 0.1) is 4.92 Å². The van der Waals surface area contributed by atoms with E-state index in [0.717, 1.165) is 6.42 Å². The van der Waals surface area contributed by atoms with Crippen LogP contribution in [0.4, 0.5) is 17.1 Å². The number of benzene rings is 2. The third-order valence-corrected chi connectivity index (χ3v) is 3.13. The number of nitro groups is 1. The maximum atomic E-state index is 10.8. The minimum atomic E-state index is -0.443. The molecule has 20 heavy (non-hydrogen) atoms. The Hall–Kier alpha value is -2.56. The fourth-order valence-corrected chi connectivity index (χ4v) is 2.11. The summed E-state index contributed by atoms with van der Waals surface area (Å²) >= 11 is 0. The predicted octanol–water partition coefficient (Wildman–Crippen LogP) is 3.35. The van der Waals surface area contributed by atoms with E-state index in [0.29, 0.717) is 17.9 Å². The maximum absolute atomic E-state index is 10.8. The quantitative estimate of drug-likeness (QED) is 0.496. The SMILES string of the molecule is CCc1ccccc1CNc1cc(N)cc([N+](=O)[O-])c1. The molecule has 0 bridgehead atoms. The number of hydrogen-bond donors (Lipinski definition) is 2. The van der Waals surface area contributed by atoms with E-state index in [1.165, 1.54) is 23.3 Å². The molecule has 0 radical (unpaired) electrons. The van der Waals surface area contributed by atoms with Crippen LogP contribution in [0, 0.1) is 10.1 Å². The van der Waals surface area contributed by atoms with Crippen molar-refractivity contribution in [3.05, 3.63) is 63.7 Å². The lowest BCUT2D eigenvalue weighted by molar-refractivity contribution is -0.384. The number of aryl methyl sites for hydroxylation is 1. The Bertz CT molecular complexity index is 626. The van der Waals surface area contributed by atoms with E-state index in [-0.39, 0.29) is 5.69 Å². The van der Waals surface area contributed by atoms with Crippen molar-refractivity contribution in [1.29, 1.82) is 0 Å². The summed E-state index contributed by atoms with van der Waals surface area (Å²) in [5, 5.41) is 14.0. The molecule has 2 aromatic carbocycles. The largest absolute Gasteiger partial charge is 0.398 e. The average Bonchev–Trinajstić information content (AvgIpc) is 2.44. The Morgan fingerprint density at radius 1 is 1.20 bits per heavy atom. The maximum Gasteiger partial charge on any atom is 0.273 e. The first-order chi connectivity index (χ1) is 9.60. The standard InChI is InChI=1S/C15H17N3O2/c1-2-11-5-3-4-6-12(11)10-17-14-7-13(16)8-15(9-14)18(19)20/h3-9,17H,2,10,16H2,1H3. The average molecular weight is 271 g/mol. The fraction of sp³-hybridized carbons (Fsp3) is 0.200. The number of nitrogen functional groups attached to an aromatic ring is 1. The number of nitrogens with zero attached hydrogens (tertiary/aromatic N) is 1. The van der Waals surface area contributed by atoms with Crippen LogP contribution in [-0.4, -0.2) is 4.92 Å². The number of hydrogen-bond acceptors (Lipinski definition) is 4. The van der Waals surface area contributed by atoms with Crippen LogP contribution in [0.15, 0.2) is 42.5 Å². The molecule has 0 saturated heterocycles. The second-order valence-corrected chi connectivity index (χ2v) is 4.55. The van der Waals surface area contributed by atoms with E-state index in [2.05, 4.69) is 18.3 Å². The molecule has 3 N–H and O–H groups in total. The van der Waals surface area contributed by atoms with Gasteiger partial charge in [-0.3, -0.25) is 10.1 Å². The van der Waals surface area contributed by atoms with Gasteiger partial charge in [-0.1, -0.05) is 31.2 Å². The Balaban J connectivity index is 2.16. The van der Waals surface area contributed by atoms with Crippen molar-refractivity contribution >= 4 is 17.1 Å². The lowest BCUT2D eigenvalue weighted by Crippen LogP contribution is -2.03. The number of rotatable bonds is 5. The monoisotopic (exact) mass is 271 g/mol. The van der Waals surface area contributed by atoms with E-state index in [9.17, 15) is 10.1 Å². The van der Waals surface area contributed by atoms with E-state index >= 15 is 0 Å². The van der Waals surface area contributed by atoms with Crippen LogP contribution in [0.1, 0.15) is 18.1 Å². The summed E-state index contributed by atoms with van der Waals surface area (Å²) in [6.07, 6.45) is 0.953. The lowest BCUT2D eigenvalue weighted by atomic mass is 10.1. The highest BCUT2D eigenvalue weighted by Gasteiger charge is 2.08. The van der Waals surface area contributed by atoms with Gasteiger partial charge in [0.2, 0.25) is 0 Å². The van der Waals surface area contributed by atoms with Crippen LogP contribution >= 0.6 is 0 Å². The fourth-order valence-electron chi connectivity index (χ4n) is 2.11. The number of anilines is 2. The van der Waals surface area contributed by atoms with Crippen molar-refractivity contribution in [2.45, 2.75) is 19.9 Å². The van der Waals surface area contributed by atoms with Crippen LogP contribution < -0.4 is 11.1 Å². The van der Waals surface area contributed by atoms with Crippen molar-refractivity contribution in [2.75, 3.05) is 11.1 Å². The van der Waals surface area contributed by atoms with E-state index in [4.69, 9.17) is 5.73 Å². The summed E-state index contributed by atoms with van der Waals surface area (Å²) < 4.78 is 0. The summed E-state index contributed by atoms with van der Waals surface area (Å²) in [5.41, 5.74) is 9.15. The zero-order valence-electron chi connectivity index (χ0n) is 11.3. The Kier molecular flexibility index (Phi) is 4.20. The minimum absolute atomic E-state index is 0.00345. The van der Waals surface area contributed by atoms with Gasteiger partial charge >= 0.3 is 0 Å². The van der Waals surface area contributed by atoms with Crippen molar-refractivity contribution in [3.63, 3.8) is 0 Å². The third kappa shape index (κ3) is 3.26. The van der Waals surface area contributed by atoms with Gasteiger partial charge in [-0.2, -0.15) is 0 Å². The molecule has 5 heteroatoms. The number of nitrogens with two attached hydrogens (primary N) is 1. The van der Waals surface area contributed by atoms with E-state index in [1.54, 1.807) is 6.07 Å². The molecule has 0 aliphatic carbocycles. The highest BCUT2D eigenvalue weighted by atomic mass is 16.6. The van der Waals surface area contributed by atoms with Crippen LogP contribution in [0.5, 0.6) is 0 Å². The molecule has 0 fully saturated rings. The third-order valence-electron chi connectivity index (χ3n) is 3.13. The molecule has 0 saturated carbocycles. The van der Waals surface area contributed by atoms with Crippen molar-refractivity contribution in [3.8, 4) is 0 Å². The van der Waals surface area contributed by atoms with Crippen LogP contribution in [0.3, 0.4) is 0 Å². The van der Waals surface area contributed by atoms with E-state index in [1.807, 2.05) is 18.2 Å². The smallest absolute Gasteiger partial charge is 0.273 e. The normalized spacial score (nSPS) is 10.2. The molecule has 2 aromatic rings. The van der Waals surface area contributed by atoms with Crippen molar-refractivity contribution in [1.82, 2.24) is 0 Å². The van der Waals surface area contributed by atoms with E-state index < -0.39 is 4.92 Å². The predicted molar refractivity (Wildman–Crippen MR) is 80.7 cm³/mol. The first-order valence-corrected chi connectivity index (χ1v) is 6.45. The van der Waals surface area contributed by atoms with Crippen molar-refractivity contribution < 1.29 is 4.92 Å². The minimum Gasteiger partial charge on any atom is -0.398 e.